The van der Waals surface area contributed by atoms with Crippen LogP contribution in [0, 0.1) is 0 Å². The van der Waals surface area contributed by atoms with E-state index in [0.29, 0.717) is 18.1 Å². The fraction of sp³-hybridized carbons (Fsp3) is 0.500. The maximum Gasteiger partial charge on any atom is 0.221 e. The molecule has 0 saturated heterocycles. The molecule has 0 aliphatic carbocycles. The minimum absolute atomic E-state index is 0.0273. The summed E-state index contributed by atoms with van der Waals surface area (Å²) in [4.78, 5) is 17.0. The van der Waals surface area contributed by atoms with Crippen molar-refractivity contribution in [3.8, 4) is 0 Å². The number of hydrogen-bond acceptors (Lipinski definition) is 4. The molecule has 1 N–H and O–H groups in total. The van der Waals surface area contributed by atoms with Crippen molar-refractivity contribution in [2.24, 2.45) is 0 Å². The fourth-order valence-corrected chi connectivity index (χ4v) is 1.85. The van der Waals surface area contributed by atoms with Crippen LogP contribution in [0.25, 0.3) is 0 Å². The molecule has 1 amide bonds. The predicted molar refractivity (Wildman–Crippen MR) is 59.1 cm³/mol. The van der Waals surface area contributed by atoms with Crippen LogP contribution in [-0.4, -0.2) is 31.5 Å². The summed E-state index contributed by atoms with van der Waals surface area (Å²) in [6.45, 7) is 0.642. The Kier molecular flexibility index (Phi) is 4.16. The fourth-order valence-electron chi connectivity index (χ4n) is 0.911. The summed E-state index contributed by atoms with van der Waals surface area (Å²) < 4.78 is 0. The molecular formula is C8H12ClN3OS. The molecule has 0 fully saturated rings. The molecule has 0 aliphatic rings. The number of carbonyl (C=O) groups is 1. The van der Waals surface area contributed by atoms with Crippen LogP contribution in [0.4, 0.5) is 5.13 Å². The normalized spacial score (nSPS) is 9.93. The third kappa shape index (κ3) is 3.16. The number of halogens is 1. The van der Waals surface area contributed by atoms with Gasteiger partial charge in [0.15, 0.2) is 5.13 Å². The molecule has 4 nitrogen and oxygen atoms in total. The number of amides is 1. The zero-order valence-corrected chi connectivity index (χ0v) is 9.65. The number of aromatic nitrogens is 1. The highest BCUT2D eigenvalue weighted by Crippen LogP contribution is 2.21. The monoisotopic (exact) mass is 233 g/mol. The summed E-state index contributed by atoms with van der Waals surface area (Å²) in [6.07, 6.45) is 0.462. The highest BCUT2D eigenvalue weighted by atomic mass is 35.5. The molecule has 0 unspecified atom stereocenters. The Morgan fingerprint density at radius 3 is 3.00 bits per heavy atom. The first-order valence-corrected chi connectivity index (χ1v) is 5.42. The SMILES string of the molecule is CNC(=O)CCN(C)c1nc(Cl)cs1. The second kappa shape index (κ2) is 5.17. The lowest BCUT2D eigenvalue weighted by Gasteiger charge is -2.14. The summed E-state index contributed by atoms with van der Waals surface area (Å²) >= 11 is 7.16. The van der Waals surface area contributed by atoms with Crippen molar-refractivity contribution in [1.29, 1.82) is 0 Å². The standard InChI is InChI=1S/C8H12ClN3OS/c1-10-7(13)3-4-12(2)8-11-6(9)5-14-8/h5H,3-4H2,1-2H3,(H,10,13). The van der Waals surface area contributed by atoms with Gasteiger partial charge in [0, 0.05) is 32.4 Å². The molecule has 1 aromatic rings. The van der Waals surface area contributed by atoms with E-state index >= 15 is 0 Å². The van der Waals surface area contributed by atoms with E-state index in [-0.39, 0.29) is 5.91 Å². The van der Waals surface area contributed by atoms with Crippen LogP contribution < -0.4 is 10.2 Å². The van der Waals surface area contributed by atoms with Gasteiger partial charge in [0.05, 0.1) is 0 Å². The number of hydrogen-bond donors (Lipinski definition) is 1. The Labute approximate surface area is 91.9 Å². The van der Waals surface area contributed by atoms with Crippen molar-refractivity contribution in [2.75, 3.05) is 25.5 Å². The molecule has 0 atom stereocenters. The molecule has 0 bridgehead atoms. The van der Waals surface area contributed by atoms with Crippen molar-refractivity contribution in [3.63, 3.8) is 0 Å². The average Bonchev–Trinajstić information content (AvgIpc) is 2.60. The molecule has 1 rings (SSSR count). The van der Waals surface area contributed by atoms with Crippen molar-refractivity contribution in [1.82, 2.24) is 10.3 Å². The van der Waals surface area contributed by atoms with E-state index in [9.17, 15) is 4.79 Å². The highest BCUT2D eigenvalue weighted by molar-refractivity contribution is 7.14. The lowest BCUT2D eigenvalue weighted by molar-refractivity contribution is -0.120. The molecule has 14 heavy (non-hydrogen) atoms. The van der Waals surface area contributed by atoms with Gasteiger partial charge >= 0.3 is 0 Å². The number of anilines is 1. The quantitative estimate of drug-likeness (QED) is 0.855. The molecule has 0 saturated carbocycles. The second-order valence-electron chi connectivity index (χ2n) is 2.80. The molecule has 0 radical (unpaired) electrons. The Balaban J connectivity index is 2.42. The van der Waals surface area contributed by atoms with Gasteiger partial charge in [-0.2, -0.15) is 0 Å². The van der Waals surface area contributed by atoms with Crippen LogP contribution in [0.2, 0.25) is 5.15 Å². The molecule has 6 heteroatoms. The summed E-state index contributed by atoms with van der Waals surface area (Å²) in [7, 11) is 3.51. The van der Waals surface area contributed by atoms with Crippen molar-refractivity contribution in [3.05, 3.63) is 10.5 Å². The molecule has 78 valence electrons. The van der Waals surface area contributed by atoms with E-state index in [1.54, 1.807) is 12.4 Å². The average molecular weight is 234 g/mol. The first-order chi connectivity index (χ1) is 6.63. The van der Waals surface area contributed by atoms with E-state index < -0.39 is 0 Å². The van der Waals surface area contributed by atoms with E-state index in [0.717, 1.165) is 5.13 Å². The van der Waals surface area contributed by atoms with Crippen molar-refractivity contribution >= 4 is 34.0 Å². The summed E-state index contributed by atoms with van der Waals surface area (Å²) in [6, 6.07) is 0. The maximum atomic E-state index is 11.0. The third-order valence-corrected chi connectivity index (χ3v) is 3.02. The second-order valence-corrected chi connectivity index (χ2v) is 4.02. The lowest BCUT2D eigenvalue weighted by atomic mass is 10.4. The van der Waals surface area contributed by atoms with Gasteiger partial charge in [0.25, 0.3) is 0 Å². The number of thiazole rings is 1. The van der Waals surface area contributed by atoms with Gasteiger partial charge in [0.1, 0.15) is 5.15 Å². The summed E-state index contributed by atoms with van der Waals surface area (Å²) in [5, 5.41) is 5.67. The Morgan fingerprint density at radius 1 is 1.79 bits per heavy atom. The van der Waals surface area contributed by atoms with Crippen LogP contribution >= 0.6 is 22.9 Å². The molecule has 1 aromatic heterocycles. The third-order valence-electron chi connectivity index (χ3n) is 1.74. The zero-order valence-electron chi connectivity index (χ0n) is 8.08. The van der Waals surface area contributed by atoms with Crippen LogP contribution in [0.5, 0.6) is 0 Å². The van der Waals surface area contributed by atoms with E-state index in [2.05, 4.69) is 10.3 Å². The van der Waals surface area contributed by atoms with Gasteiger partial charge in [-0.25, -0.2) is 4.98 Å². The van der Waals surface area contributed by atoms with Gasteiger partial charge in [-0.3, -0.25) is 4.79 Å². The number of carbonyl (C=O) groups excluding carboxylic acids is 1. The van der Waals surface area contributed by atoms with Crippen molar-refractivity contribution < 1.29 is 4.79 Å². The predicted octanol–water partition coefficient (Wildman–Crippen LogP) is 1.37. The molecule has 1 heterocycles. The Hall–Kier alpha value is -0.810. The minimum atomic E-state index is 0.0273. The van der Waals surface area contributed by atoms with E-state index in [1.165, 1.54) is 11.3 Å². The van der Waals surface area contributed by atoms with Crippen LogP contribution in [-0.2, 0) is 4.79 Å². The van der Waals surface area contributed by atoms with Crippen molar-refractivity contribution in [2.45, 2.75) is 6.42 Å². The van der Waals surface area contributed by atoms with Crippen LogP contribution in [0.1, 0.15) is 6.42 Å². The maximum absolute atomic E-state index is 11.0. The number of nitrogens with zero attached hydrogens (tertiary/aromatic N) is 2. The van der Waals surface area contributed by atoms with Gasteiger partial charge in [-0.15, -0.1) is 11.3 Å². The van der Waals surface area contributed by atoms with Gasteiger partial charge in [0.2, 0.25) is 5.91 Å². The van der Waals surface area contributed by atoms with Gasteiger partial charge < -0.3 is 10.2 Å². The first kappa shape index (κ1) is 11.3. The highest BCUT2D eigenvalue weighted by Gasteiger charge is 2.07. The first-order valence-electron chi connectivity index (χ1n) is 4.16. The molecule has 0 spiro atoms. The van der Waals surface area contributed by atoms with Gasteiger partial charge in [-0.05, 0) is 0 Å². The van der Waals surface area contributed by atoms with Gasteiger partial charge in [-0.1, -0.05) is 11.6 Å². The van der Waals surface area contributed by atoms with Crippen LogP contribution in [0.15, 0.2) is 5.38 Å². The Morgan fingerprint density at radius 2 is 2.50 bits per heavy atom. The zero-order chi connectivity index (χ0) is 10.6. The van der Waals surface area contributed by atoms with E-state index in [1.807, 2.05) is 11.9 Å². The summed E-state index contributed by atoms with van der Waals surface area (Å²) in [5.74, 6) is 0.0273. The lowest BCUT2D eigenvalue weighted by Crippen LogP contribution is -2.26. The van der Waals surface area contributed by atoms with E-state index in [4.69, 9.17) is 11.6 Å². The Bertz CT molecular complexity index is 315. The smallest absolute Gasteiger partial charge is 0.221 e. The largest absolute Gasteiger partial charge is 0.359 e. The molecular weight excluding hydrogens is 222 g/mol. The molecule has 0 aromatic carbocycles. The van der Waals surface area contributed by atoms with Crippen LogP contribution in [0.3, 0.4) is 0 Å². The number of rotatable bonds is 4. The molecule has 0 aliphatic heterocycles. The summed E-state index contributed by atoms with van der Waals surface area (Å²) in [5.41, 5.74) is 0. The number of nitrogens with one attached hydrogen (secondary N) is 1. The minimum Gasteiger partial charge on any atom is -0.359 e. The topological polar surface area (TPSA) is 45.2 Å².